The topological polar surface area (TPSA) is 54.5 Å². The molecule has 0 aromatic carbocycles. The van der Waals surface area contributed by atoms with Crippen LogP contribution in [0, 0.1) is 0 Å². The van der Waals surface area contributed by atoms with Crippen LogP contribution in [-0.4, -0.2) is 20.6 Å². The van der Waals surface area contributed by atoms with Gasteiger partial charge in [0.15, 0.2) is 5.82 Å². The minimum Gasteiger partial charge on any atom is -0.177 e. The molecule has 0 fully saturated rings. The third-order valence-electron chi connectivity index (χ3n) is 1.79. The zero-order valence-electron chi connectivity index (χ0n) is 7.10. The lowest BCUT2D eigenvalue weighted by Gasteiger charge is -1.93. The summed E-state index contributed by atoms with van der Waals surface area (Å²) in [5.41, 5.74) is 0. The highest BCUT2D eigenvalue weighted by atomic mass is 32.1. The molecule has 0 bridgehead atoms. The molecule has 2 aromatic heterocycles. The molecule has 0 radical (unpaired) electrons. The molecule has 0 saturated heterocycles. The Morgan fingerprint density at radius 3 is 3.08 bits per heavy atom. The Morgan fingerprint density at radius 2 is 2.38 bits per heavy atom. The standard InChI is InChI=1S/C8H10N4S/c1(3-7-4-2-6-13-7)5-8-9-11-12-10-8/h2,4,6H,1,3,5H2,(H,9,10,11,12). The predicted molar refractivity (Wildman–Crippen MR) is 50.5 cm³/mol. The van der Waals surface area contributed by atoms with Crippen LogP contribution >= 0.6 is 11.3 Å². The van der Waals surface area contributed by atoms with E-state index in [4.69, 9.17) is 0 Å². The van der Waals surface area contributed by atoms with Crippen molar-refractivity contribution in [2.75, 3.05) is 0 Å². The van der Waals surface area contributed by atoms with Crippen LogP contribution in [0.1, 0.15) is 17.1 Å². The molecule has 0 aliphatic heterocycles. The van der Waals surface area contributed by atoms with Gasteiger partial charge in [-0.3, -0.25) is 0 Å². The van der Waals surface area contributed by atoms with Crippen molar-refractivity contribution >= 4 is 11.3 Å². The third kappa shape index (κ3) is 2.35. The molecule has 2 aromatic rings. The highest BCUT2D eigenvalue weighted by molar-refractivity contribution is 7.09. The Hall–Kier alpha value is -1.23. The number of nitrogens with one attached hydrogen (secondary N) is 1. The van der Waals surface area contributed by atoms with Gasteiger partial charge in [-0.2, -0.15) is 5.21 Å². The van der Waals surface area contributed by atoms with Gasteiger partial charge in [0.05, 0.1) is 0 Å². The molecular weight excluding hydrogens is 184 g/mol. The molecule has 68 valence electrons. The van der Waals surface area contributed by atoms with E-state index in [9.17, 15) is 0 Å². The largest absolute Gasteiger partial charge is 0.177 e. The van der Waals surface area contributed by atoms with E-state index >= 15 is 0 Å². The van der Waals surface area contributed by atoms with Gasteiger partial charge in [0.1, 0.15) is 0 Å². The first-order valence-corrected chi connectivity index (χ1v) is 5.08. The summed E-state index contributed by atoms with van der Waals surface area (Å²) in [5, 5.41) is 15.8. The van der Waals surface area contributed by atoms with E-state index in [1.807, 2.05) is 0 Å². The smallest absolute Gasteiger partial charge is 0.174 e. The van der Waals surface area contributed by atoms with Crippen LogP contribution in [-0.2, 0) is 12.8 Å². The van der Waals surface area contributed by atoms with E-state index in [0.29, 0.717) is 0 Å². The average molecular weight is 194 g/mol. The fraction of sp³-hybridized carbons (Fsp3) is 0.375. The van der Waals surface area contributed by atoms with Crippen LogP contribution in [0.25, 0.3) is 0 Å². The number of tetrazole rings is 1. The van der Waals surface area contributed by atoms with Crippen molar-refractivity contribution in [2.45, 2.75) is 19.3 Å². The third-order valence-corrected chi connectivity index (χ3v) is 2.73. The molecule has 5 heteroatoms. The summed E-state index contributed by atoms with van der Waals surface area (Å²) >= 11 is 1.80. The number of aromatic nitrogens is 4. The first-order chi connectivity index (χ1) is 6.45. The number of hydrogen-bond acceptors (Lipinski definition) is 4. The monoisotopic (exact) mass is 194 g/mol. The maximum atomic E-state index is 3.89. The van der Waals surface area contributed by atoms with Gasteiger partial charge in [-0.1, -0.05) is 11.3 Å². The van der Waals surface area contributed by atoms with Gasteiger partial charge in [0, 0.05) is 11.3 Å². The number of rotatable bonds is 4. The van der Waals surface area contributed by atoms with Crippen molar-refractivity contribution in [3.8, 4) is 0 Å². The maximum Gasteiger partial charge on any atom is 0.174 e. The van der Waals surface area contributed by atoms with Crippen LogP contribution in [0.3, 0.4) is 0 Å². The van der Waals surface area contributed by atoms with Crippen LogP contribution in [0.15, 0.2) is 17.5 Å². The molecule has 0 saturated carbocycles. The van der Waals surface area contributed by atoms with E-state index in [0.717, 1.165) is 25.1 Å². The van der Waals surface area contributed by atoms with Gasteiger partial charge >= 0.3 is 0 Å². The van der Waals surface area contributed by atoms with Crippen molar-refractivity contribution in [3.63, 3.8) is 0 Å². The molecule has 0 atom stereocenters. The van der Waals surface area contributed by atoms with Crippen molar-refractivity contribution < 1.29 is 0 Å². The number of aromatic amines is 1. The first-order valence-electron chi connectivity index (χ1n) is 4.20. The fourth-order valence-corrected chi connectivity index (χ4v) is 1.92. The van der Waals surface area contributed by atoms with Crippen LogP contribution in [0.5, 0.6) is 0 Å². The second kappa shape index (κ2) is 4.13. The van der Waals surface area contributed by atoms with Crippen molar-refractivity contribution in [2.24, 2.45) is 0 Å². The molecular formula is C8H10N4S. The lowest BCUT2D eigenvalue weighted by molar-refractivity contribution is 0.780. The van der Waals surface area contributed by atoms with Crippen LogP contribution in [0.2, 0.25) is 0 Å². The Bertz CT molecular complexity index is 293. The molecule has 0 unspecified atom stereocenters. The van der Waals surface area contributed by atoms with Gasteiger partial charge in [0.25, 0.3) is 0 Å². The lowest BCUT2D eigenvalue weighted by atomic mass is 10.2. The molecule has 0 aliphatic rings. The zero-order chi connectivity index (χ0) is 8.93. The van der Waals surface area contributed by atoms with E-state index < -0.39 is 0 Å². The molecule has 13 heavy (non-hydrogen) atoms. The molecule has 2 heterocycles. The quantitative estimate of drug-likeness (QED) is 0.801. The summed E-state index contributed by atoms with van der Waals surface area (Å²) in [5.74, 6) is 0.802. The van der Waals surface area contributed by atoms with Gasteiger partial charge < -0.3 is 0 Å². The Balaban J connectivity index is 1.76. The molecule has 2 rings (SSSR count). The molecule has 0 amide bonds. The Labute approximate surface area is 80.0 Å². The van der Waals surface area contributed by atoms with E-state index in [1.54, 1.807) is 11.3 Å². The summed E-state index contributed by atoms with van der Waals surface area (Å²) in [6, 6.07) is 4.23. The molecule has 4 nitrogen and oxygen atoms in total. The minimum atomic E-state index is 0.802. The van der Waals surface area contributed by atoms with E-state index in [1.165, 1.54) is 4.88 Å². The van der Waals surface area contributed by atoms with Gasteiger partial charge in [-0.25, -0.2) is 0 Å². The summed E-state index contributed by atoms with van der Waals surface area (Å²) in [4.78, 5) is 1.42. The number of H-pyrrole nitrogens is 1. The predicted octanol–water partition coefficient (Wildman–Crippen LogP) is 1.44. The molecule has 0 spiro atoms. The summed E-state index contributed by atoms with van der Waals surface area (Å²) in [6.45, 7) is 0. The summed E-state index contributed by atoms with van der Waals surface area (Å²) in [7, 11) is 0. The van der Waals surface area contributed by atoms with Crippen molar-refractivity contribution in [1.82, 2.24) is 20.6 Å². The van der Waals surface area contributed by atoms with Crippen molar-refractivity contribution in [3.05, 3.63) is 28.2 Å². The normalized spacial score (nSPS) is 10.5. The summed E-state index contributed by atoms with van der Waals surface area (Å²) in [6.07, 6.45) is 3.08. The average Bonchev–Trinajstić information content (AvgIpc) is 2.75. The summed E-state index contributed by atoms with van der Waals surface area (Å²) < 4.78 is 0. The van der Waals surface area contributed by atoms with Gasteiger partial charge in [0.2, 0.25) is 0 Å². The van der Waals surface area contributed by atoms with Gasteiger partial charge in [-0.15, -0.1) is 21.5 Å². The van der Waals surface area contributed by atoms with E-state index in [2.05, 4.69) is 38.1 Å². The zero-order valence-corrected chi connectivity index (χ0v) is 7.92. The van der Waals surface area contributed by atoms with E-state index in [-0.39, 0.29) is 0 Å². The Kier molecular flexibility index (Phi) is 2.66. The Morgan fingerprint density at radius 1 is 1.38 bits per heavy atom. The second-order valence-corrected chi connectivity index (χ2v) is 3.79. The molecule has 1 N–H and O–H groups in total. The first kappa shape index (κ1) is 8.37. The number of hydrogen-bond donors (Lipinski definition) is 1. The van der Waals surface area contributed by atoms with Gasteiger partial charge in [-0.05, 0) is 24.3 Å². The fourth-order valence-electron chi connectivity index (χ4n) is 1.16. The van der Waals surface area contributed by atoms with Crippen LogP contribution < -0.4 is 0 Å². The SMILES string of the molecule is c1csc(CCCc2nn[nH]n2)c1. The highest BCUT2D eigenvalue weighted by Crippen LogP contribution is 2.11. The number of aryl methyl sites for hydroxylation is 2. The second-order valence-electron chi connectivity index (χ2n) is 2.76. The van der Waals surface area contributed by atoms with Crippen LogP contribution in [0.4, 0.5) is 0 Å². The number of nitrogens with zero attached hydrogens (tertiary/aromatic N) is 3. The lowest BCUT2D eigenvalue weighted by Crippen LogP contribution is -1.90. The maximum absolute atomic E-state index is 3.89. The minimum absolute atomic E-state index is 0.802. The highest BCUT2D eigenvalue weighted by Gasteiger charge is 1.98. The number of thiophene rings is 1. The van der Waals surface area contributed by atoms with Crippen molar-refractivity contribution in [1.29, 1.82) is 0 Å². The molecule has 0 aliphatic carbocycles.